The van der Waals surface area contributed by atoms with Gasteiger partial charge in [0, 0.05) is 24.2 Å². The fourth-order valence-electron chi connectivity index (χ4n) is 3.53. The topological polar surface area (TPSA) is 23.5 Å². The van der Waals surface area contributed by atoms with Crippen molar-refractivity contribution < 1.29 is 5.11 Å². The molecule has 14 heavy (non-hydrogen) atoms. The Morgan fingerprint density at radius 3 is 2.00 bits per heavy atom. The maximum absolute atomic E-state index is 9.22. The molecule has 2 rings (SSSR count). The molecule has 1 unspecified atom stereocenters. The molecule has 0 aromatic heterocycles. The zero-order valence-electron chi connectivity index (χ0n) is 9.66. The summed E-state index contributed by atoms with van der Waals surface area (Å²) >= 11 is 0. The van der Waals surface area contributed by atoms with Gasteiger partial charge in [-0.25, -0.2) is 0 Å². The van der Waals surface area contributed by atoms with Crippen LogP contribution in [0.4, 0.5) is 0 Å². The number of aliphatic hydroxyl groups is 1. The molecule has 2 saturated heterocycles. The minimum atomic E-state index is 0.312. The molecule has 2 aliphatic rings. The zero-order chi connectivity index (χ0) is 10.3. The second-order valence-electron chi connectivity index (χ2n) is 5.98. The number of fused-ring (bicyclic) bond motifs is 2. The maximum Gasteiger partial charge on any atom is 0.0460 e. The average molecular weight is 197 g/mol. The van der Waals surface area contributed by atoms with E-state index in [-0.39, 0.29) is 0 Å². The van der Waals surface area contributed by atoms with E-state index in [0.29, 0.717) is 18.1 Å². The summed E-state index contributed by atoms with van der Waals surface area (Å²) in [6.45, 7) is 7.35. The first-order valence-corrected chi connectivity index (χ1v) is 5.91. The second kappa shape index (κ2) is 3.49. The van der Waals surface area contributed by atoms with Gasteiger partial charge in [-0.2, -0.15) is 0 Å². The van der Waals surface area contributed by atoms with Gasteiger partial charge < -0.3 is 5.11 Å². The van der Waals surface area contributed by atoms with Gasteiger partial charge in [0.05, 0.1) is 0 Å². The highest BCUT2D eigenvalue weighted by molar-refractivity contribution is 4.99. The van der Waals surface area contributed by atoms with E-state index in [4.69, 9.17) is 0 Å². The molecular weight excluding hydrogens is 174 g/mol. The van der Waals surface area contributed by atoms with Crippen LogP contribution >= 0.6 is 0 Å². The van der Waals surface area contributed by atoms with E-state index in [1.807, 2.05) is 0 Å². The summed E-state index contributed by atoms with van der Waals surface area (Å²) in [6, 6.07) is 1.48. The van der Waals surface area contributed by atoms with Crippen LogP contribution in [0.2, 0.25) is 0 Å². The predicted octanol–water partition coefficient (Wildman–Crippen LogP) is 2.02. The normalized spacial score (nSPS) is 39.0. The van der Waals surface area contributed by atoms with Crippen LogP contribution < -0.4 is 0 Å². The van der Waals surface area contributed by atoms with Crippen molar-refractivity contribution in [2.45, 2.75) is 64.1 Å². The van der Waals surface area contributed by atoms with Crippen LogP contribution in [0.1, 0.15) is 46.5 Å². The molecule has 2 heterocycles. The molecule has 2 heteroatoms. The molecule has 0 radical (unpaired) electrons. The quantitative estimate of drug-likeness (QED) is 0.695. The Balaban J connectivity index is 2.10. The van der Waals surface area contributed by atoms with Gasteiger partial charge in [-0.15, -0.1) is 0 Å². The van der Waals surface area contributed by atoms with Crippen LogP contribution in [0.3, 0.4) is 0 Å². The number of nitrogens with zero attached hydrogens (tertiary/aromatic N) is 1. The number of hydrogen-bond donors (Lipinski definition) is 1. The van der Waals surface area contributed by atoms with Crippen molar-refractivity contribution in [1.29, 1.82) is 0 Å². The van der Waals surface area contributed by atoms with Crippen molar-refractivity contribution in [1.82, 2.24) is 4.90 Å². The van der Waals surface area contributed by atoms with Crippen molar-refractivity contribution in [3.05, 3.63) is 0 Å². The Morgan fingerprint density at radius 1 is 1.14 bits per heavy atom. The Bertz CT molecular complexity index is 195. The summed E-state index contributed by atoms with van der Waals surface area (Å²) in [5, 5.41) is 9.22. The molecule has 0 spiro atoms. The number of rotatable bonds is 1. The first kappa shape index (κ1) is 10.4. The molecular formula is C12H23NO. The van der Waals surface area contributed by atoms with Gasteiger partial charge in [-0.3, -0.25) is 4.90 Å². The molecule has 0 saturated carbocycles. The van der Waals surface area contributed by atoms with E-state index in [9.17, 15) is 5.11 Å². The molecule has 0 aliphatic carbocycles. The highest BCUT2D eigenvalue weighted by Gasteiger charge is 2.44. The summed E-state index contributed by atoms with van der Waals surface area (Å²) in [7, 11) is 0. The Labute approximate surface area is 87.3 Å². The molecule has 2 aliphatic heterocycles. The average Bonchev–Trinajstić information content (AvgIpc) is 2.38. The Hall–Kier alpha value is -0.0800. The lowest BCUT2D eigenvalue weighted by molar-refractivity contribution is 0.00912. The summed E-state index contributed by atoms with van der Waals surface area (Å²) in [5.41, 5.74) is 0.312. The van der Waals surface area contributed by atoms with E-state index in [1.165, 1.54) is 25.7 Å². The fourth-order valence-corrected chi connectivity index (χ4v) is 3.53. The largest absolute Gasteiger partial charge is 0.396 e. The van der Waals surface area contributed by atoms with Crippen LogP contribution in [0.5, 0.6) is 0 Å². The van der Waals surface area contributed by atoms with Crippen LogP contribution in [0, 0.1) is 5.92 Å². The zero-order valence-corrected chi connectivity index (χ0v) is 9.66. The second-order valence-corrected chi connectivity index (χ2v) is 5.98. The SMILES string of the molecule is CC(C)(C)N1C2CC[C@@H]1C[C@H](CO)C2. The van der Waals surface area contributed by atoms with Gasteiger partial charge >= 0.3 is 0 Å². The highest BCUT2D eigenvalue weighted by atomic mass is 16.3. The van der Waals surface area contributed by atoms with Gasteiger partial charge in [-0.1, -0.05) is 0 Å². The van der Waals surface area contributed by atoms with E-state index in [1.54, 1.807) is 0 Å². The van der Waals surface area contributed by atoms with Crippen LogP contribution in [-0.4, -0.2) is 34.2 Å². The van der Waals surface area contributed by atoms with Crippen molar-refractivity contribution in [2.75, 3.05) is 6.61 Å². The molecule has 0 aromatic rings. The summed E-state index contributed by atoms with van der Waals surface area (Å²) in [4.78, 5) is 2.69. The van der Waals surface area contributed by atoms with Crippen molar-refractivity contribution in [3.8, 4) is 0 Å². The van der Waals surface area contributed by atoms with Gasteiger partial charge in [0.25, 0.3) is 0 Å². The molecule has 82 valence electrons. The molecule has 0 amide bonds. The van der Waals surface area contributed by atoms with Crippen LogP contribution in [-0.2, 0) is 0 Å². The third-order valence-electron chi connectivity index (χ3n) is 3.86. The third kappa shape index (κ3) is 1.70. The molecule has 1 N–H and O–H groups in total. The summed E-state index contributed by atoms with van der Waals surface area (Å²) in [5.74, 6) is 0.575. The molecule has 3 atom stereocenters. The Morgan fingerprint density at radius 2 is 1.64 bits per heavy atom. The summed E-state index contributed by atoms with van der Waals surface area (Å²) < 4.78 is 0. The van der Waals surface area contributed by atoms with Gasteiger partial charge in [-0.05, 0) is 52.4 Å². The van der Waals surface area contributed by atoms with E-state index in [0.717, 1.165) is 12.1 Å². The van der Waals surface area contributed by atoms with Crippen molar-refractivity contribution in [2.24, 2.45) is 5.92 Å². The molecule has 2 fully saturated rings. The van der Waals surface area contributed by atoms with E-state index in [2.05, 4.69) is 25.7 Å². The number of hydrogen-bond acceptors (Lipinski definition) is 2. The first-order valence-electron chi connectivity index (χ1n) is 5.91. The smallest absolute Gasteiger partial charge is 0.0460 e. The molecule has 2 bridgehead atoms. The Kier molecular flexibility index (Phi) is 2.61. The maximum atomic E-state index is 9.22. The fraction of sp³-hybridized carbons (Fsp3) is 1.00. The minimum absolute atomic E-state index is 0.312. The number of piperidine rings is 1. The third-order valence-corrected chi connectivity index (χ3v) is 3.86. The highest BCUT2D eigenvalue weighted by Crippen LogP contribution is 2.42. The lowest BCUT2D eigenvalue weighted by Crippen LogP contribution is -2.53. The lowest BCUT2D eigenvalue weighted by Gasteiger charge is -2.46. The van der Waals surface area contributed by atoms with Crippen LogP contribution in [0.15, 0.2) is 0 Å². The standard InChI is InChI=1S/C12H23NO/c1-12(2,3)13-10-4-5-11(13)7-9(6-10)8-14/h9-11,14H,4-8H2,1-3H3/t9-,10+,11?/m0/s1. The predicted molar refractivity (Wildman–Crippen MR) is 58.2 cm³/mol. The summed E-state index contributed by atoms with van der Waals surface area (Å²) in [6.07, 6.45) is 5.12. The van der Waals surface area contributed by atoms with Gasteiger partial charge in [0.15, 0.2) is 0 Å². The monoisotopic (exact) mass is 197 g/mol. The van der Waals surface area contributed by atoms with Crippen LogP contribution in [0.25, 0.3) is 0 Å². The number of aliphatic hydroxyl groups excluding tert-OH is 1. The van der Waals surface area contributed by atoms with E-state index >= 15 is 0 Å². The first-order chi connectivity index (χ1) is 6.52. The lowest BCUT2D eigenvalue weighted by atomic mass is 9.87. The van der Waals surface area contributed by atoms with Crippen molar-refractivity contribution in [3.63, 3.8) is 0 Å². The van der Waals surface area contributed by atoms with E-state index < -0.39 is 0 Å². The molecule has 2 nitrogen and oxygen atoms in total. The molecule has 0 aromatic carbocycles. The van der Waals surface area contributed by atoms with Gasteiger partial charge in [0.2, 0.25) is 0 Å². The minimum Gasteiger partial charge on any atom is -0.396 e. The van der Waals surface area contributed by atoms with Gasteiger partial charge in [0.1, 0.15) is 0 Å². The van der Waals surface area contributed by atoms with Crippen molar-refractivity contribution >= 4 is 0 Å².